The molecule has 1 aromatic heterocycles. The van der Waals surface area contributed by atoms with Gasteiger partial charge in [0.15, 0.2) is 9.84 Å². The van der Waals surface area contributed by atoms with Crippen LogP contribution in [0.1, 0.15) is 44.4 Å². The molecule has 17 heteroatoms. The standard InChI is InChI=1S/C37H43N5O11S/c1-24(2)33(36(49)39-27(21-31(43)44)18-20-54(51,52)28-14-7-4-8-15-28)42-34(47)29(17-16-26-13-9-10-19-38-26)40-35(48)30(22-32(45)46)41-37(50)53-23-25-11-5-3-6-12-25/h3-15,18-20,24,27,29-30,33H,16-17,21-23H2,1-2H3,(H,39,49)(H,40,48)(H,41,50)(H,42,47)(H,43,44)(H,45,46)/b20-18+/t27-,29+,30+,33+/m1/s1. The number of pyridine rings is 1. The fourth-order valence-corrected chi connectivity index (χ4v) is 6.06. The summed E-state index contributed by atoms with van der Waals surface area (Å²) in [7, 11) is -3.98. The van der Waals surface area contributed by atoms with E-state index < -0.39 is 88.5 Å². The summed E-state index contributed by atoms with van der Waals surface area (Å²) in [4.78, 5) is 80.7. The lowest BCUT2D eigenvalue weighted by Gasteiger charge is -2.27. The van der Waals surface area contributed by atoms with Gasteiger partial charge in [-0.25, -0.2) is 13.2 Å². The summed E-state index contributed by atoms with van der Waals surface area (Å²) < 4.78 is 30.7. The fraction of sp³-hybridized carbons (Fsp3) is 0.324. The van der Waals surface area contributed by atoms with Crippen LogP contribution in [0.5, 0.6) is 0 Å². The van der Waals surface area contributed by atoms with Crippen LogP contribution in [0.2, 0.25) is 0 Å². The van der Waals surface area contributed by atoms with Crippen molar-refractivity contribution < 1.29 is 52.1 Å². The Hall–Kier alpha value is -6.10. The molecule has 16 nitrogen and oxygen atoms in total. The van der Waals surface area contributed by atoms with Gasteiger partial charge in [0.25, 0.3) is 0 Å². The van der Waals surface area contributed by atoms with Gasteiger partial charge in [0.1, 0.15) is 24.7 Å². The van der Waals surface area contributed by atoms with E-state index in [9.17, 15) is 47.4 Å². The monoisotopic (exact) mass is 765 g/mol. The number of amides is 4. The van der Waals surface area contributed by atoms with Gasteiger partial charge >= 0.3 is 18.0 Å². The Bertz CT molecular complexity index is 1880. The molecule has 0 radical (unpaired) electrons. The minimum Gasteiger partial charge on any atom is -0.481 e. The predicted molar refractivity (Wildman–Crippen MR) is 194 cm³/mol. The third kappa shape index (κ3) is 14.5. The van der Waals surface area contributed by atoms with Gasteiger partial charge in [0.2, 0.25) is 17.7 Å². The van der Waals surface area contributed by atoms with Crippen molar-refractivity contribution in [2.75, 3.05) is 0 Å². The van der Waals surface area contributed by atoms with Crippen molar-refractivity contribution in [3.05, 3.63) is 108 Å². The van der Waals surface area contributed by atoms with Crippen LogP contribution in [0.4, 0.5) is 4.79 Å². The summed E-state index contributed by atoms with van der Waals surface area (Å²) in [6, 6.07) is 15.5. The highest BCUT2D eigenvalue weighted by Gasteiger charge is 2.33. The summed E-state index contributed by atoms with van der Waals surface area (Å²) in [6.07, 6.45) is 0.0483. The first kappa shape index (κ1) is 42.3. The van der Waals surface area contributed by atoms with Crippen molar-refractivity contribution in [3.63, 3.8) is 0 Å². The number of nitrogens with zero attached hydrogens (tertiary/aromatic N) is 1. The van der Waals surface area contributed by atoms with E-state index in [1.54, 1.807) is 68.4 Å². The average Bonchev–Trinajstić information content (AvgIpc) is 3.13. The van der Waals surface area contributed by atoms with E-state index in [4.69, 9.17) is 4.74 Å². The lowest BCUT2D eigenvalue weighted by molar-refractivity contribution is -0.140. The highest BCUT2D eigenvalue weighted by atomic mass is 32.2. The maximum absolute atomic E-state index is 13.8. The minimum atomic E-state index is -3.98. The Morgan fingerprint density at radius 2 is 1.35 bits per heavy atom. The number of sulfone groups is 1. The van der Waals surface area contributed by atoms with Crippen LogP contribution in [0.3, 0.4) is 0 Å². The molecule has 0 spiro atoms. The molecule has 1 heterocycles. The summed E-state index contributed by atoms with van der Waals surface area (Å²) in [5.41, 5.74) is 1.20. The topological polar surface area (TPSA) is 247 Å². The number of carbonyl (C=O) groups is 6. The van der Waals surface area contributed by atoms with Crippen LogP contribution >= 0.6 is 0 Å². The zero-order valence-corrected chi connectivity index (χ0v) is 30.4. The van der Waals surface area contributed by atoms with Crippen LogP contribution in [-0.2, 0) is 51.6 Å². The molecular weight excluding hydrogens is 722 g/mol. The van der Waals surface area contributed by atoms with E-state index in [1.807, 2.05) is 0 Å². The molecule has 0 aliphatic heterocycles. The van der Waals surface area contributed by atoms with Crippen LogP contribution in [0.25, 0.3) is 0 Å². The molecule has 4 atom stereocenters. The van der Waals surface area contributed by atoms with Crippen molar-refractivity contribution in [2.45, 2.75) is 75.2 Å². The molecule has 4 amide bonds. The third-order valence-corrected chi connectivity index (χ3v) is 9.22. The maximum atomic E-state index is 13.8. The normalized spacial score (nSPS) is 13.5. The van der Waals surface area contributed by atoms with E-state index in [0.717, 1.165) is 11.5 Å². The first-order valence-electron chi connectivity index (χ1n) is 16.8. The number of rotatable bonds is 20. The summed E-state index contributed by atoms with van der Waals surface area (Å²) in [5.74, 6) is -6.07. The number of aryl methyl sites for hydroxylation is 1. The van der Waals surface area contributed by atoms with E-state index in [-0.39, 0.29) is 24.3 Å². The number of nitrogens with one attached hydrogen (secondary N) is 4. The van der Waals surface area contributed by atoms with Gasteiger partial charge in [-0.2, -0.15) is 0 Å². The van der Waals surface area contributed by atoms with Gasteiger partial charge in [-0.15, -0.1) is 0 Å². The molecule has 2 aromatic carbocycles. The second kappa shape index (κ2) is 20.8. The number of ether oxygens (including phenoxy) is 1. The van der Waals surface area contributed by atoms with Crippen molar-refractivity contribution in [3.8, 4) is 0 Å². The molecule has 6 N–H and O–H groups in total. The van der Waals surface area contributed by atoms with Gasteiger partial charge in [-0.3, -0.25) is 29.0 Å². The Balaban J connectivity index is 1.79. The number of alkyl carbamates (subject to hydrolysis) is 1. The third-order valence-electron chi connectivity index (χ3n) is 7.78. The number of hydrogen-bond donors (Lipinski definition) is 6. The molecule has 54 heavy (non-hydrogen) atoms. The Kier molecular flexibility index (Phi) is 16.3. The predicted octanol–water partition coefficient (Wildman–Crippen LogP) is 2.36. The van der Waals surface area contributed by atoms with Gasteiger partial charge in [0.05, 0.1) is 23.8 Å². The number of carboxylic acid groups (broad SMARTS) is 2. The molecule has 0 fully saturated rings. The zero-order chi connectivity index (χ0) is 39.7. The van der Waals surface area contributed by atoms with Gasteiger partial charge in [0, 0.05) is 17.3 Å². The Morgan fingerprint density at radius 3 is 1.94 bits per heavy atom. The first-order chi connectivity index (χ1) is 25.6. The molecule has 0 bridgehead atoms. The van der Waals surface area contributed by atoms with Crippen LogP contribution in [0, 0.1) is 5.92 Å². The maximum Gasteiger partial charge on any atom is 0.408 e. The van der Waals surface area contributed by atoms with Crippen LogP contribution in [0.15, 0.2) is 101 Å². The van der Waals surface area contributed by atoms with Crippen molar-refractivity contribution in [1.82, 2.24) is 26.3 Å². The smallest absolute Gasteiger partial charge is 0.408 e. The summed E-state index contributed by atoms with van der Waals surface area (Å²) >= 11 is 0. The Labute approximate surface area is 312 Å². The summed E-state index contributed by atoms with van der Waals surface area (Å²) in [6.45, 7) is 3.04. The molecular formula is C37H43N5O11S. The highest BCUT2D eigenvalue weighted by Crippen LogP contribution is 2.13. The SMILES string of the molecule is CC(C)[C@H](NC(=O)[C@H](CCc1ccccn1)NC(=O)[C@H](CC(=O)O)NC(=O)OCc1ccccc1)C(=O)N[C@H](/C=C/S(=O)(=O)c1ccccc1)CC(=O)O. The Morgan fingerprint density at radius 1 is 0.741 bits per heavy atom. The second-order valence-corrected chi connectivity index (χ2v) is 14.2. The van der Waals surface area contributed by atoms with E-state index in [1.165, 1.54) is 30.5 Å². The van der Waals surface area contributed by atoms with Gasteiger partial charge < -0.3 is 36.2 Å². The molecule has 3 rings (SSSR count). The van der Waals surface area contributed by atoms with Gasteiger partial charge in [-0.05, 0) is 54.7 Å². The number of aliphatic carboxylic acids is 2. The lowest BCUT2D eigenvalue weighted by atomic mass is 10.0. The van der Waals surface area contributed by atoms with Crippen LogP contribution < -0.4 is 21.3 Å². The molecule has 288 valence electrons. The number of carboxylic acids is 2. The molecule has 3 aromatic rings. The quantitative estimate of drug-likeness (QED) is 0.0971. The van der Waals surface area contributed by atoms with Crippen molar-refractivity contribution in [1.29, 1.82) is 0 Å². The molecule has 0 saturated heterocycles. The van der Waals surface area contributed by atoms with Gasteiger partial charge in [-0.1, -0.05) is 68.4 Å². The number of hydrogen-bond acceptors (Lipinski definition) is 10. The largest absolute Gasteiger partial charge is 0.481 e. The second-order valence-electron chi connectivity index (χ2n) is 12.4. The fourth-order valence-electron chi connectivity index (χ4n) is 4.97. The van der Waals surface area contributed by atoms with E-state index in [0.29, 0.717) is 11.3 Å². The van der Waals surface area contributed by atoms with Crippen molar-refractivity contribution in [2.24, 2.45) is 5.92 Å². The number of aromatic nitrogens is 1. The molecule has 0 unspecified atom stereocenters. The highest BCUT2D eigenvalue weighted by molar-refractivity contribution is 7.94. The molecule has 0 aliphatic carbocycles. The van der Waals surface area contributed by atoms with E-state index in [2.05, 4.69) is 26.3 Å². The zero-order valence-electron chi connectivity index (χ0n) is 29.6. The number of benzene rings is 2. The lowest BCUT2D eigenvalue weighted by Crippen LogP contribution is -2.58. The molecule has 0 saturated carbocycles. The number of carbonyl (C=O) groups excluding carboxylic acids is 4. The van der Waals surface area contributed by atoms with Crippen LogP contribution in [-0.4, -0.2) is 83.5 Å². The van der Waals surface area contributed by atoms with E-state index >= 15 is 0 Å². The summed E-state index contributed by atoms with van der Waals surface area (Å²) in [5, 5.41) is 29.5. The first-order valence-corrected chi connectivity index (χ1v) is 18.4. The average molecular weight is 766 g/mol. The van der Waals surface area contributed by atoms with Crippen molar-refractivity contribution >= 4 is 45.6 Å². The molecule has 0 aliphatic rings. The minimum absolute atomic E-state index is 0.0439.